The number of carbonyl (C=O) groups is 1. The van der Waals surface area contributed by atoms with Crippen molar-refractivity contribution in [3.05, 3.63) is 67.8 Å². The molecule has 25 heavy (non-hydrogen) atoms. The zero-order chi connectivity index (χ0) is 18.1. The molecule has 2 aromatic heterocycles. The van der Waals surface area contributed by atoms with Crippen LogP contribution in [0.5, 0.6) is 0 Å². The van der Waals surface area contributed by atoms with Crippen LogP contribution in [0.25, 0.3) is 11.0 Å². The molecule has 128 valence electrons. The molecule has 2 heterocycles. The number of hydrogen-bond acceptors (Lipinski definition) is 5. The topological polar surface area (TPSA) is 77.0 Å². The van der Waals surface area contributed by atoms with Gasteiger partial charge in [-0.2, -0.15) is 0 Å². The van der Waals surface area contributed by atoms with Gasteiger partial charge in [0.15, 0.2) is 4.77 Å². The summed E-state index contributed by atoms with van der Waals surface area (Å²) < 4.78 is 6.49. The number of methoxy groups -OCH3 is 1. The number of aromatic amines is 1. The Morgan fingerprint density at radius 3 is 2.76 bits per heavy atom. The quantitative estimate of drug-likeness (QED) is 0.577. The molecule has 0 aliphatic rings. The van der Waals surface area contributed by atoms with Gasteiger partial charge in [0.2, 0.25) is 0 Å². The smallest absolute Gasteiger partial charge is 0.338 e. The maximum Gasteiger partial charge on any atom is 0.338 e. The fraction of sp³-hybridized carbons (Fsp3) is 0.222. The third kappa shape index (κ3) is 3.23. The molecule has 3 aromatic rings. The summed E-state index contributed by atoms with van der Waals surface area (Å²) in [5.41, 5.74) is 2.73. The number of H-pyrrole nitrogens is 1. The van der Waals surface area contributed by atoms with E-state index in [2.05, 4.69) is 9.97 Å². The summed E-state index contributed by atoms with van der Waals surface area (Å²) in [5, 5.41) is 0.179. The number of fused-ring (bicyclic) bond motifs is 1. The van der Waals surface area contributed by atoms with Crippen molar-refractivity contribution >= 4 is 29.2 Å². The van der Waals surface area contributed by atoms with Crippen LogP contribution >= 0.6 is 12.2 Å². The molecule has 1 N–H and O–H groups in total. The van der Waals surface area contributed by atoms with Gasteiger partial charge < -0.3 is 9.72 Å². The number of pyridine rings is 1. The standard InChI is InChI=1S/C18H17N3O3S/c1-10-5-4-6-12(7-10)9-21-16(22)14-13(17(23)24-3)8-11(2)19-15(14)20-18(21)25/h4-8H,9H2,1-3H3,(H,19,20,25). The molecule has 0 unspecified atom stereocenters. The van der Waals surface area contributed by atoms with Crippen molar-refractivity contribution in [2.45, 2.75) is 20.4 Å². The zero-order valence-electron chi connectivity index (χ0n) is 14.1. The van der Waals surface area contributed by atoms with E-state index < -0.39 is 5.97 Å². The van der Waals surface area contributed by atoms with Crippen molar-refractivity contribution in [2.75, 3.05) is 7.11 Å². The number of rotatable bonds is 3. The summed E-state index contributed by atoms with van der Waals surface area (Å²) in [6, 6.07) is 9.36. The van der Waals surface area contributed by atoms with Crippen LogP contribution in [-0.4, -0.2) is 27.6 Å². The molecule has 0 radical (unpaired) electrons. The summed E-state index contributed by atoms with van der Waals surface area (Å²) in [5.74, 6) is -0.583. The van der Waals surface area contributed by atoms with Crippen molar-refractivity contribution in [1.82, 2.24) is 14.5 Å². The highest BCUT2D eigenvalue weighted by Crippen LogP contribution is 2.15. The second kappa shape index (κ2) is 6.60. The van der Waals surface area contributed by atoms with E-state index >= 15 is 0 Å². The summed E-state index contributed by atoms with van der Waals surface area (Å²) >= 11 is 5.33. The molecular formula is C18H17N3O3S. The van der Waals surface area contributed by atoms with Crippen LogP contribution in [0, 0.1) is 18.6 Å². The minimum atomic E-state index is -0.583. The van der Waals surface area contributed by atoms with Crippen LogP contribution in [-0.2, 0) is 11.3 Å². The van der Waals surface area contributed by atoms with Crippen molar-refractivity contribution in [3.63, 3.8) is 0 Å². The Morgan fingerprint density at radius 1 is 1.32 bits per heavy atom. The van der Waals surface area contributed by atoms with E-state index in [0.717, 1.165) is 11.1 Å². The van der Waals surface area contributed by atoms with Gasteiger partial charge in [-0.05, 0) is 37.7 Å². The third-order valence-corrected chi connectivity index (χ3v) is 4.23. The minimum absolute atomic E-state index is 0.179. The first-order chi connectivity index (χ1) is 11.9. The molecule has 6 nitrogen and oxygen atoms in total. The molecule has 0 fully saturated rings. The van der Waals surface area contributed by atoms with Crippen LogP contribution in [0.2, 0.25) is 0 Å². The molecule has 3 rings (SSSR count). The van der Waals surface area contributed by atoms with Crippen LogP contribution in [0.1, 0.15) is 27.2 Å². The van der Waals surface area contributed by atoms with Gasteiger partial charge in [-0.1, -0.05) is 29.8 Å². The highest BCUT2D eigenvalue weighted by molar-refractivity contribution is 7.71. The average Bonchev–Trinajstić information content (AvgIpc) is 2.57. The van der Waals surface area contributed by atoms with Gasteiger partial charge in [0.25, 0.3) is 5.56 Å². The Balaban J connectivity index is 2.27. The lowest BCUT2D eigenvalue weighted by Gasteiger charge is -2.11. The van der Waals surface area contributed by atoms with Gasteiger partial charge >= 0.3 is 5.97 Å². The number of nitrogens with zero attached hydrogens (tertiary/aromatic N) is 2. The lowest BCUT2D eigenvalue weighted by Crippen LogP contribution is -2.25. The number of hydrogen-bond donors (Lipinski definition) is 1. The molecular weight excluding hydrogens is 338 g/mol. The lowest BCUT2D eigenvalue weighted by atomic mass is 10.1. The summed E-state index contributed by atoms with van der Waals surface area (Å²) in [7, 11) is 1.28. The van der Waals surface area contributed by atoms with Crippen LogP contribution in [0.4, 0.5) is 0 Å². The SMILES string of the molecule is COC(=O)c1cc(C)nc2[nH]c(=S)n(Cc3cccc(C)c3)c(=O)c12. The van der Waals surface area contributed by atoms with Crippen LogP contribution in [0.3, 0.4) is 0 Å². The maximum absolute atomic E-state index is 13.0. The molecule has 7 heteroatoms. The van der Waals surface area contributed by atoms with E-state index in [1.54, 1.807) is 13.0 Å². The molecule has 0 saturated heterocycles. The first-order valence-electron chi connectivity index (χ1n) is 7.69. The fourth-order valence-electron chi connectivity index (χ4n) is 2.78. The number of nitrogens with one attached hydrogen (secondary N) is 1. The van der Waals surface area contributed by atoms with Gasteiger partial charge in [0.1, 0.15) is 5.65 Å². The Kier molecular flexibility index (Phi) is 4.50. The number of ether oxygens (including phenoxy) is 1. The van der Waals surface area contributed by atoms with E-state index in [4.69, 9.17) is 17.0 Å². The number of esters is 1. The van der Waals surface area contributed by atoms with Crippen molar-refractivity contribution in [2.24, 2.45) is 0 Å². The average molecular weight is 355 g/mol. The molecule has 0 aliphatic carbocycles. The van der Waals surface area contributed by atoms with E-state index in [-0.39, 0.29) is 26.9 Å². The van der Waals surface area contributed by atoms with E-state index in [9.17, 15) is 9.59 Å². The van der Waals surface area contributed by atoms with Gasteiger partial charge in [-0.3, -0.25) is 9.36 Å². The predicted octanol–water partition coefficient (Wildman–Crippen LogP) is 2.91. The van der Waals surface area contributed by atoms with Gasteiger partial charge in [-0.15, -0.1) is 0 Å². The molecule has 0 bridgehead atoms. The Labute approximate surface area is 149 Å². The van der Waals surface area contributed by atoms with Gasteiger partial charge in [0, 0.05) is 5.69 Å². The highest BCUT2D eigenvalue weighted by atomic mass is 32.1. The van der Waals surface area contributed by atoms with Crippen molar-refractivity contribution < 1.29 is 9.53 Å². The molecule has 1 aromatic carbocycles. The molecule has 0 atom stereocenters. The van der Waals surface area contributed by atoms with Crippen molar-refractivity contribution in [3.8, 4) is 0 Å². The normalized spacial score (nSPS) is 10.8. The molecule has 0 aliphatic heterocycles. The Hall–Kier alpha value is -2.80. The second-order valence-electron chi connectivity index (χ2n) is 5.84. The van der Waals surface area contributed by atoms with Crippen LogP contribution < -0.4 is 5.56 Å². The molecule has 0 spiro atoms. The first-order valence-corrected chi connectivity index (χ1v) is 8.10. The first kappa shape index (κ1) is 17.0. The van der Waals surface area contributed by atoms with E-state index in [1.165, 1.54) is 11.7 Å². The Bertz CT molecular complexity index is 1100. The molecule has 0 saturated carbocycles. The maximum atomic E-state index is 13.0. The Morgan fingerprint density at radius 2 is 2.08 bits per heavy atom. The number of benzene rings is 1. The monoisotopic (exact) mass is 355 g/mol. The minimum Gasteiger partial charge on any atom is -0.465 e. The van der Waals surface area contributed by atoms with Crippen LogP contribution in [0.15, 0.2) is 35.1 Å². The van der Waals surface area contributed by atoms with E-state index in [1.807, 2.05) is 31.2 Å². The van der Waals surface area contributed by atoms with Gasteiger partial charge in [-0.25, -0.2) is 9.78 Å². The fourth-order valence-corrected chi connectivity index (χ4v) is 3.03. The number of carbonyl (C=O) groups excluding carboxylic acids is 1. The summed E-state index contributed by atoms with van der Waals surface area (Å²) in [6.07, 6.45) is 0. The highest BCUT2D eigenvalue weighted by Gasteiger charge is 2.18. The van der Waals surface area contributed by atoms with Crippen molar-refractivity contribution in [1.29, 1.82) is 0 Å². The largest absolute Gasteiger partial charge is 0.465 e. The number of aryl methyl sites for hydroxylation is 2. The predicted molar refractivity (Wildman–Crippen MR) is 97.5 cm³/mol. The second-order valence-corrected chi connectivity index (χ2v) is 6.22. The lowest BCUT2D eigenvalue weighted by molar-refractivity contribution is 0.0602. The van der Waals surface area contributed by atoms with E-state index in [0.29, 0.717) is 12.2 Å². The third-order valence-electron chi connectivity index (χ3n) is 3.91. The number of aromatic nitrogens is 3. The summed E-state index contributed by atoms with van der Waals surface area (Å²) in [4.78, 5) is 32.4. The zero-order valence-corrected chi connectivity index (χ0v) is 14.9. The summed E-state index contributed by atoms with van der Waals surface area (Å²) in [6.45, 7) is 4.02. The molecule has 0 amide bonds. The van der Waals surface area contributed by atoms with Gasteiger partial charge in [0.05, 0.1) is 24.6 Å².